The van der Waals surface area contributed by atoms with Crippen molar-refractivity contribution in [3.05, 3.63) is 0 Å². The Bertz CT molecular complexity index is 66.2. The highest BCUT2D eigenvalue weighted by Gasteiger charge is 2.38. The predicted octanol–water partition coefficient (Wildman–Crippen LogP) is -1.83. The van der Waals surface area contributed by atoms with Crippen LogP contribution in [-0.2, 0) is 9.57 Å². The number of quaternary nitrogens is 1. The van der Waals surface area contributed by atoms with E-state index in [1.165, 1.54) is 5.06 Å². The zero-order valence-electron chi connectivity index (χ0n) is 4.02. The lowest BCUT2D eigenvalue weighted by Gasteiger charge is -2.37. The SMILES string of the molecule is C1C[NH+]2CC(O1)O2. The van der Waals surface area contributed by atoms with Crippen molar-refractivity contribution in [1.82, 2.24) is 0 Å². The molecule has 2 bridgehead atoms. The summed E-state index contributed by atoms with van der Waals surface area (Å²) in [5.41, 5.74) is 0. The van der Waals surface area contributed by atoms with Crippen LogP contribution in [0.25, 0.3) is 0 Å². The Balaban J connectivity index is 1.99. The van der Waals surface area contributed by atoms with Crippen LogP contribution in [0.2, 0.25) is 0 Å². The first-order valence-corrected chi connectivity index (χ1v) is 2.58. The molecule has 3 aliphatic heterocycles. The van der Waals surface area contributed by atoms with Crippen LogP contribution in [-0.4, -0.2) is 26.0 Å². The summed E-state index contributed by atoms with van der Waals surface area (Å²) in [5, 5.41) is 1.23. The standard InChI is InChI=1S/C4H7NO2/c1-2-6-4-3-5(1)7-4/h4H,1-3H2/p+1. The molecule has 0 saturated carbocycles. The molecule has 3 heterocycles. The van der Waals surface area contributed by atoms with Crippen LogP contribution in [0.1, 0.15) is 0 Å². The number of fused-ring (bicyclic) bond motifs is 2. The molecule has 3 nitrogen and oxygen atoms in total. The van der Waals surface area contributed by atoms with E-state index in [2.05, 4.69) is 0 Å². The Morgan fingerprint density at radius 1 is 1.57 bits per heavy atom. The molecule has 0 aromatic rings. The van der Waals surface area contributed by atoms with Gasteiger partial charge in [-0.25, -0.2) is 0 Å². The van der Waals surface area contributed by atoms with Gasteiger partial charge >= 0.3 is 0 Å². The van der Waals surface area contributed by atoms with Gasteiger partial charge in [0.25, 0.3) is 6.29 Å². The van der Waals surface area contributed by atoms with Gasteiger partial charge in [0.15, 0.2) is 6.54 Å². The van der Waals surface area contributed by atoms with Gasteiger partial charge in [-0.05, 0) is 0 Å². The summed E-state index contributed by atoms with van der Waals surface area (Å²) < 4.78 is 5.10. The van der Waals surface area contributed by atoms with Crippen molar-refractivity contribution in [2.24, 2.45) is 0 Å². The molecule has 0 spiro atoms. The van der Waals surface area contributed by atoms with E-state index in [1.54, 1.807) is 0 Å². The van der Waals surface area contributed by atoms with E-state index in [1.807, 2.05) is 0 Å². The van der Waals surface area contributed by atoms with Crippen molar-refractivity contribution in [2.75, 3.05) is 19.7 Å². The van der Waals surface area contributed by atoms with Gasteiger partial charge in [0.1, 0.15) is 13.2 Å². The molecule has 0 amide bonds. The Hall–Kier alpha value is -0.120. The first kappa shape index (κ1) is 3.83. The number of hydroxylamine groups is 2. The molecule has 3 heteroatoms. The molecule has 0 aromatic heterocycles. The molecule has 2 unspecified atom stereocenters. The van der Waals surface area contributed by atoms with Gasteiger partial charge < -0.3 is 4.74 Å². The Morgan fingerprint density at radius 2 is 2.43 bits per heavy atom. The molecule has 0 aromatic carbocycles. The molecule has 0 radical (unpaired) electrons. The Kier molecular flexibility index (Phi) is 0.647. The maximum atomic E-state index is 5.10. The molecule has 3 rings (SSSR count). The van der Waals surface area contributed by atoms with E-state index in [0.717, 1.165) is 19.7 Å². The Morgan fingerprint density at radius 3 is 2.57 bits per heavy atom. The topological polar surface area (TPSA) is 22.9 Å². The van der Waals surface area contributed by atoms with Crippen LogP contribution in [0.3, 0.4) is 0 Å². The molecule has 3 aliphatic rings. The number of ether oxygens (including phenoxy) is 1. The summed E-state index contributed by atoms with van der Waals surface area (Å²) in [4.78, 5) is 5.07. The summed E-state index contributed by atoms with van der Waals surface area (Å²) in [6, 6.07) is 0. The minimum absolute atomic E-state index is 0.142. The van der Waals surface area contributed by atoms with Crippen molar-refractivity contribution in [3.8, 4) is 0 Å². The lowest BCUT2D eigenvalue weighted by molar-refractivity contribution is -1.17. The number of hydrogen-bond acceptors (Lipinski definition) is 2. The van der Waals surface area contributed by atoms with E-state index >= 15 is 0 Å². The lowest BCUT2D eigenvalue weighted by atomic mass is 10.4. The molecule has 0 aliphatic carbocycles. The van der Waals surface area contributed by atoms with Crippen LogP contribution in [0.4, 0.5) is 0 Å². The normalized spacial score (nSPS) is 48.0. The highest BCUT2D eigenvalue weighted by atomic mass is 16.8. The zero-order valence-corrected chi connectivity index (χ0v) is 4.02. The highest BCUT2D eigenvalue weighted by molar-refractivity contribution is 4.47. The van der Waals surface area contributed by atoms with Gasteiger partial charge in [-0.2, -0.15) is 9.90 Å². The van der Waals surface area contributed by atoms with Gasteiger partial charge in [-0.3, -0.25) is 0 Å². The first-order chi connectivity index (χ1) is 3.45. The maximum absolute atomic E-state index is 5.10. The van der Waals surface area contributed by atoms with Crippen LogP contribution >= 0.6 is 0 Å². The third-order valence-corrected chi connectivity index (χ3v) is 1.38. The molecule has 3 saturated heterocycles. The fraction of sp³-hybridized carbons (Fsp3) is 1.00. The fourth-order valence-electron chi connectivity index (χ4n) is 0.920. The number of rotatable bonds is 0. The number of hydrogen-bond donors (Lipinski definition) is 1. The minimum Gasteiger partial charge on any atom is -0.337 e. The van der Waals surface area contributed by atoms with Crippen LogP contribution in [0.5, 0.6) is 0 Å². The summed E-state index contributed by atoms with van der Waals surface area (Å²) in [7, 11) is 0. The second-order valence-corrected chi connectivity index (χ2v) is 1.91. The quantitative estimate of drug-likeness (QED) is 0.389. The molecule has 1 N–H and O–H groups in total. The third-order valence-electron chi connectivity index (χ3n) is 1.38. The average molecular weight is 102 g/mol. The smallest absolute Gasteiger partial charge is 0.267 e. The van der Waals surface area contributed by atoms with Crippen LogP contribution in [0.15, 0.2) is 0 Å². The average Bonchev–Trinajstić information content (AvgIpc) is 1.67. The Labute approximate surface area is 41.8 Å². The summed E-state index contributed by atoms with van der Waals surface area (Å²) in [6.45, 7) is 2.95. The second-order valence-electron chi connectivity index (χ2n) is 1.91. The lowest BCUT2D eigenvalue weighted by Crippen LogP contribution is -3.22. The molecular formula is C4H8NO2+. The van der Waals surface area contributed by atoms with E-state index in [-0.39, 0.29) is 6.29 Å². The number of morpholine rings is 1. The van der Waals surface area contributed by atoms with Gasteiger partial charge in [0.05, 0.1) is 0 Å². The van der Waals surface area contributed by atoms with Crippen LogP contribution < -0.4 is 5.06 Å². The molecule has 7 heavy (non-hydrogen) atoms. The van der Waals surface area contributed by atoms with Gasteiger partial charge in [-0.1, -0.05) is 0 Å². The van der Waals surface area contributed by atoms with Gasteiger partial charge in [-0.15, -0.1) is 0 Å². The molecule has 40 valence electrons. The maximum Gasteiger partial charge on any atom is 0.267 e. The van der Waals surface area contributed by atoms with Gasteiger partial charge in [0, 0.05) is 0 Å². The molecule has 3 fully saturated rings. The van der Waals surface area contributed by atoms with Crippen molar-refractivity contribution < 1.29 is 14.6 Å². The first-order valence-electron chi connectivity index (χ1n) is 2.58. The van der Waals surface area contributed by atoms with Crippen molar-refractivity contribution in [2.45, 2.75) is 6.29 Å². The third kappa shape index (κ3) is 0.459. The van der Waals surface area contributed by atoms with Crippen LogP contribution in [0, 0.1) is 0 Å². The monoisotopic (exact) mass is 102 g/mol. The number of nitrogens with one attached hydrogen (secondary N) is 1. The molecule has 2 atom stereocenters. The van der Waals surface area contributed by atoms with Crippen molar-refractivity contribution >= 4 is 0 Å². The summed E-state index contributed by atoms with van der Waals surface area (Å²) in [6.07, 6.45) is 0.142. The summed E-state index contributed by atoms with van der Waals surface area (Å²) >= 11 is 0. The van der Waals surface area contributed by atoms with E-state index < -0.39 is 0 Å². The zero-order chi connectivity index (χ0) is 4.69. The minimum atomic E-state index is 0.142. The summed E-state index contributed by atoms with van der Waals surface area (Å²) in [5.74, 6) is 0. The van der Waals surface area contributed by atoms with Crippen molar-refractivity contribution in [3.63, 3.8) is 0 Å². The van der Waals surface area contributed by atoms with E-state index in [0.29, 0.717) is 0 Å². The highest BCUT2D eigenvalue weighted by Crippen LogP contribution is 1.98. The van der Waals surface area contributed by atoms with E-state index in [9.17, 15) is 0 Å². The predicted molar refractivity (Wildman–Crippen MR) is 21.5 cm³/mol. The fourth-order valence-corrected chi connectivity index (χ4v) is 0.920. The van der Waals surface area contributed by atoms with Crippen molar-refractivity contribution in [1.29, 1.82) is 0 Å². The van der Waals surface area contributed by atoms with E-state index in [4.69, 9.17) is 9.57 Å². The second kappa shape index (κ2) is 1.18. The van der Waals surface area contributed by atoms with Gasteiger partial charge in [0.2, 0.25) is 0 Å². The largest absolute Gasteiger partial charge is 0.337 e. The molecular weight excluding hydrogens is 94.0 g/mol.